The van der Waals surface area contributed by atoms with Gasteiger partial charge in [-0.2, -0.15) is 5.26 Å². The van der Waals surface area contributed by atoms with Gasteiger partial charge >= 0.3 is 0 Å². The Morgan fingerprint density at radius 1 is 1.46 bits per heavy atom. The highest BCUT2D eigenvalue weighted by molar-refractivity contribution is 5.08. The molecule has 0 spiro atoms. The molecule has 1 aliphatic rings. The van der Waals surface area contributed by atoms with E-state index in [1.807, 2.05) is 0 Å². The van der Waals surface area contributed by atoms with Crippen LogP contribution in [0.15, 0.2) is 18.3 Å². The smallest absolute Gasteiger partial charge is 0.0635 e. The third-order valence-electron chi connectivity index (χ3n) is 2.51. The van der Waals surface area contributed by atoms with Gasteiger partial charge in [0.15, 0.2) is 0 Å². The average molecular weight is 175 g/mol. The highest BCUT2D eigenvalue weighted by Gasteiger charge is 2.13. The zero-order chi connectivity index (χ0) is 9.10. The molecule has 3 nitrogen and oxygen atoms in total. The number of aromatic nitrogens is 1. The molecule has 1 aromatic rings. The molecule has 0 bridgehead atoms. The van der Waals surface area contributed by atoms with E-state index >= 15 is 0 Å². The zero-order valence-corrected chi connectivity index (χ0v) is 7.61. The van der Waals surface area contributed by atoms with Gasteiger partial charge in [0.25, 0.3) is 0 Å². The minimum Gasteiger partial charge on any atom is -0.349 e. The van der Waals surface area contributed by atoms with Crippen LogP contribution >= 0.6 is 0 Å². The van der Waals surface area contributed by atoms with Crippen LogP contribution in [0.3, 0.4) is 0 Å². The van der Waals surface area contributed by atoms with Crippen molar-refractivity contribution in [1.29, 1.82) is 5.26 Å². The zero-order valence-electron chi connectivity index (χ0n) is 7.61. The number of nitrogens with zero attached hydrogens (tertiary/aromatic N) is 3. The van der Waals surface area contributed by atoms with Gasteiger partial charge in [0.05, 0.1) is 6.07 Å². The van der Waals surface area contributed by atoms with E-state index < -0.39 is 0 Å². The molecule has 2 rings (SSSR count). The molecule has 0 saturated carbocycles. The molecular formula is C10H13N3. The van der Waals surface area contributed by atoms with Crippen molar-refractivity contribution in [3.8, 4) is 6.07 Å². The van der Waals surface area contributed by atoms with Crippen LogP contribution in [-0.4, -0.2) is 22.6 Å². The first kappa shape index (κ1) is 8.33. The van der Waals surface area contributed by atoms with E-state index in [9.17, 15) is 0 Å². The van der Waals surface area contributed by atoms with Crippen molar-refractivity contribution >= 4 is 0 Å². The molecule has 0 saturated heterocycles. The summed E-state index contributed by atoms with van der Waals surface area (Å²) >= 11 is 0. The van der Waals surface area contributed by atoms with Gasteiger partial charge in [-0.3, -0.25) is 4.90 Å². The third kappa shape index (κ3) is 1.73. The van der Waals surface area contributed by atoms with Crippen molar-refractivity contribution in [3.05, 3.63) is 24.0 Å². The Bertz CT molecular complexity index is 321. The molecule has 0 N–H and O–H groups in total. The van der Waals surface area contributed by atoms with Crippen LogP contribution in [0, 0.1) is 11.3 Å². The second-order valence-corrected chi connectivity index (χ2v) is 3.38. The summed E-state index contributed by atoms with van der Waals surface area (Å²) in [5.74, 6) is 0. The van der Waals surface area contributed by atoms with Gasteiger partial charge in [-0.15, -0.1) is 0 Å². The van der Waals surface area contributed by atoms with Gasteiger partial charge in [0.1, 0.15) is 0 Å². The molecule has 1 aromatic heterocycles. The van der Waals surface area contributed by atoms with Gasteiger partial charge in [-0.1, -0.05) is 0 Å². The Labute approximate surface area is 78.2 Å². The predicted octanol–water partition coefficient (Wildman–Crippen LogP) is 1.22. The monoisotopic (exact) mass is 175 g/mol. The summed E-state index contributed by atoms with van der Waals surface area (Å²) in [6, 6.07) is 6.42. The largest absolute Gasteiger partial charge is 0.349 e. The van der Waals surface area contributed by atoms with E-state index in [4.69, 9.17) is 5.26 Å². The highest BCUT2D eigenvalue weighted by atomic mass is 15.2. The van der Waals surface area contributed by atoms with Crippen molar-refractivity contribution in [3.63, 3.8) is 0 Å². The first-order valence-electron chi connectivity index (χ1n) is 4.63. The van der Waals surface area contributed by atoms with Crippen molar-refractivity contribution < 1.29 is 0 Å². The normalized spacial score (nSPS) is 16.5. The summed E-state index contributed by atoms with van der Waals surface area (Å²) in [7, 11) is 0. The molecule has 0 amide bonds. The molecule has 0 radical (unpaired) electrons. The van der Waals surface area contributed by atoms with Crippen molar-refractivity contribution in [1.82, 2.24) is 9.47 Å². The molecule has 2 heterocycles. The van der Waals surface area contributed by atoms with Crippen LogP contribution in [0.2, 0.25) is 0 Å². The van der Waals surface area contributed by atoms with Gasteiger partial charge in [0.2, 0.25) is 0 Å². The Balaban J connectivity index is 1.97. The highest BCUT2D eigenvalue weighted by Crippen LogP contribution is 2.12. The molecule has 0 unspecified atom stereocenters. The summed E-state index contributed by atoms with van der Waals surface area (Å²) in [4.78, 5) is 2.33. The number of hydrogen-bond acceptors (Lipinski definition) is 2. The Morgan fingerprint density at radius 2 is 2.38 bits per heavy atom. The molecule has 13 heavy (non-hydrogen) atoms. The van der Waals surface area contributed by atoms with Crippen molar-refractivity contribution in [2.75, 3.05) is 13.1 Å². The lowest BCUT2D eigenvalue weighted by Gasteiger charge is -2.27. The lowest BCUT2D eigenvalue weighted by molar-refractivity contribution is 0.226. The lowest BCUT2D eigenvalue weighted by Crippen LogP contribution is -2.33. The quantitative estimate of drug-likeness (QED) is 0.676. The summed E-state index contributed by atoms with van der Waals surface area (Å²) in [6.07, 6.45) is 2.76. The maximum Gasteiger partial charge on any atom is 0.0635 e. The molecule has 0 fully saturated rings. The lowest BCUT2D eigenvalue weighted by atomic mass is 10.3. The Kier molecular flexibility index (Phi) is 2.33. The maximum atomic E-state index is 8.47. The van der Waals surface area contributed by atoms with E-state index in [1.165, 1.54) is 5.69 Å². The maximum absolute atomic E-state index is 8.47. The van der Waals surface area contributed by atoms with E-state index in [0.29, 0.717) is 6.42 Å². The van der Waals surface area contributed by atoms with Crippen LogP contribution in [0.1, 0.15) is 12.1 Å². The van der Waals surface area contributed by atoms with Gasteiger partial charge in [0, 0.05) is 44.5 Å². The number of hydrogen-bond donors (Lipinski definition) is 0. The third-order valence-corrected chi connectivity index (χ3v) is 2.51. The van der Waals surface area contributed by atoms with E-state index in [-0.39, 0.29) is 0 Å². The molecular weight excluding hydrogens is 162 g/mol. The minimum atomic E-state index is 0.640. The van der Waals surface area contributed by atoms with Crippen molar-refractivity contribution in [2.24, 2.45) is 0 Å². The topological polar surface area (TPSA) is 32.0 Å². The van der Waals surface area contributed by atoms with Gasteiger partial charge in [-0.05, 0) is 12.1 Å². The fraction of sp³-hybridized carbons (Fsp3) is 0.500. The van der Waals surface area contributed by atoms with E-state index in [1.54, 1.807) is 0 Å². The first-order valence-corrected chi connectivity index (χ1v) is 4.63. The van der Waals surface area contributed by atoms with E-state index in [2.05, 4.69) is 33.9 Å². The van der Waals surface area contributed by atoms with Crippen molar-refractivity contribution in [2.45, 2.75) is 19.5 Å². The number of fused-ring (bicyclic) bond motifs is 1. The van der Waals surface area contributed by atoms with Gasteiger partial charge < -0.3 is 4.57 Å². The fourth-order valence-corrected chi connectivity index (χ4v) is 1.77. The average Bonchev–Trinajstić information content (AvgIpc) is 2.61. The summed E-state index contributed by atoms with van der Waals surface area (Å²) in [5, 5.41) is 8.47. The Morgan fingerprint density at radius 3 is 3.23 bits per heavy atom. The second-order valence-electron chi connectivity index (χ2n) is 3.38. The molecule has 3 heteroatoms. The first-order chi connectivity index (χ1) is 6.40. The summed E-state index contributed by atoms with van der Waals surface area (Å²) < 4.78 is 2.28. The molecule has 0 aliphatic carbocycles. The van der Waals surface area contributed by atoms with Crippen LogP contribution < -0.4 is 0 Å². The Hall–Kier alpha value is -1.27. The molecule has 0 aromatic carbocycles. The van der Waals surface area contributed by atoms with Crippen LogP contribution in [-0.2, 0) is 13.1 Å². The molecule has 1 aliphatic heterocycles. The van der Waals surface area contributed by atoms with Gasteiger partial charge in [-0.25, -0.2) is 0 Å². The second kappa shape index (κ2) is 3.63. The predicted molar refractivity (Wildman–Crippen MR) is 49.9 cm³/mol. The summed E-state index contributed by atoms with van der Waals surface area (Å²) in [5.41, 5.74) is 1.36. The summed E-state index contributed by atoms with van der Waals surface area (Å²) in [6.45, 7) is 4.04. The van der Waals surface area contributed by atoms with Crippen LogP contribution in [0.4, 0.5) is 0 Å². The SMILES string of the molecule is N#CCCN1CCn2cccc2C1. The molecule has 68 valence electrons. The van der Waals surface area contributed by atoms with Crippen LogP contribution in [0.25, 0.3) is 0 Å². The molecule has 0 atom stereocenters. The van der Waals surface area contributed by atoms with Crippen LogP contribution in [0.5, 0.6) is 0 Å². The minimum absolute atomic E-state index is 0.640. The number of nitriles is 1. The standard InChI is InChI=1S/C10H13N3/c11-4-2-5-12-7-8-13-6-1-3-10(13)9-12/h1,3,6H,2,5,7-9H2. The number of rotatable bonds is 2. The van der Waals surface area contributed by atoms with E-state index in [0.717, 1.165) is 26.2 Å². The fourth-order valence-electron chi connectivity index (χ4n) is 1.77.